The Hall–Kier alpha value is -1.37. The summed E-state index contributed by atoms with van der Waals surface area (Å²) in [5.74, 6) is -0.622. The van der Waals surface area contributed by atoms with Gasteiger partial charge in [0.15, 0.2) is 0 Å². The van der Waals surface area contributed by atoms with Crippen molar-refractivity contribution in [2.24, 2.45) is 0 Å². The monoisotopic (exact) mass is 290 g/mol. The number of carbonyl (C=O) groups is 1. The van der Waals surface area contributed by atoms with Gasteiger partial charge in [-0.15, -0.1) is 0 Å². The highest BCUT2D eigenvalue weighted by molar-refractivity contribution is 6.30. The zero-order valence-electron chi connectivity index (χ0n) is 10.3. The van der Waals surface area contributed by atoms with Gasteiger partial charge < -0.3 is 20.4 Å². The Morgan fingerprint density at radius 3 is 2.63 bits per heavy atom. The predicted molar refractivity (Wildman–Crippen MR) is 70.8 cm³/mol. The van der Waals surface area contributed by atoms with E-state index in [1.807, 2.05) is 0 Å². The standard InChI is InChI=1S/C12H16ClFN2O3/c13-10-3-2-9(8-11(10)14)15-12(19)16(5-7-18)4-1-6-17/h2-3,8,17-18H,1,4-7H2,(H,15,19). The molecule has 0 saturated heterocycles. The maximum atomic E-state index is 13.2. The molecule has 1 rings (SSSR count). The molecule has 0 spiro atoms. The van der Waals surface area contributed by atoms with Crippen molar-refractivity contribution in [2.75, 3.05) is 31.6 Å². The average Bonchev–Trinajstić information content (AvgIpc) is 2.38. The summed E-state index contributed by atoms with van der Waals surface area (Å²) in [4.78, 5) is 13.2. The number of nitrogens with one attached hydrogen (secondary N) is 1. The molecule has 5 nitrogen and oxygen atoms in total. The van der Waals surface area contributed by atoms with Crippen LogP contribution in [0.5, 0.6) is 0 Å². The summed E-state index contributed by atoms with van der Waals surface area (Å²) >= 11 is 5.54. The molecule has 2 amide bonds. The molecule has 0 radical (unpaired) electrons. The van der Waals surface area contributed by atoms with Gasteiger partial charge in [-0.25, -0.2) is 9.18 Å². The molecule has 0 aromatic heterocycles. The highest BCUT2D eigenvalue weighted by Crippen LogP contribution is 2.18. The number of aliphatic hydroxyl groups excluding tert-OH is 2. The normalized spacial score (nSPS) is 10.3. The van der Waals surface area contributed by atoms with E-state index in [1.165, 1.54) is 17.0 Å². The average molecular weight is 291 g/mol. The number of anilines is 1. The number of urea groups is 1. The third-order valence-corrected chi connectivity index (χ3v) is 2.72. The van der Waals surface area contributed by atoms with Gasteiger partial charge in [-0.2, -0.15) is 0 Å². The van der Waals surface area contributed by atoms with E-state index in [0.29, 0.717) is 13.0 Å². The second kappa shape index (κ2) is 7.93. The summed E-state index contributed by atoms with van der Waals surface area (Å²) in [5, 5.41) is 20.1. The van der Waals surface area contributed by atoms with Crippen LogP contribution >= 0.6 is 11.6 Å². The number of hydrogen-bond donors (Lipinski definition) is 3. The van der Waals surface area contributed by atoms with Crippen molar-refractivity contribution in [2.45, 2.75) is 6.42 Å². The van der Waals surface area contributed by atoms with E-state index in [0.717, 1.165) is 6.07 Å². The number of carbonyl (C=O) groups excluding carboxylic acids is 1. The minimum atomic E-state index is -0.622. The molecular weight excluding hydrogens is 275 g/mol. The van der Waals surface area contributed by atoms with Gasteiger partial charge in [0.2, 0.25) is 0 Å². The lowest BCUT2D eigenvalue weighted by Gasteiger charge is -2.21. The van der Waals surface area contributed by atoms with Crippen molar-refractivity contribution >= 4 is 23.3 Å². The lowest BCUT2D eigenvalue weighted by molar-refractivity contribution is 0.180. The van der Waals surface area contributed by atoms with E-state index < -0.39 is 11.8 Å². The fourth-order valence-corrected chi connectivity index (χ4v) is 1.59. The number of halogens is 2. The Morgan fingerprint density at radius 1 is 1.32 bits per heavy atom. The second-order valence-electron chi connectivity index (χ2n) is 3.85. The smallest absolute Gasteiger partial charge is 0.321 e. The first-order valence-electron chi connectivity index (χ1n) is 5.81. The topological polar surface area (TPSA) is 72.8 Å². The quantitative estimate of drug-likeness (QED) is 0.746. The fraction of sp³-hybridized carbons (Fsp3) is 0.417. The van der Waals surface area contributed by atoms with Crippen molar-refractivity contribution in [3.05, 3.63) is 29.0 Å². The molecule has 0 aliphatic heterocycles. The fourth-order valence-electron chi connectivity index (χ4n) is 1.47. The van der Waals surface area contributed by atoms with E-state index in [9.17, 15) is 9.18 Å². The van der Waals surface area contributed by atoms with Gasteiger partial charge in [0.1, 0.15) is 5.82 Å². The van der Waals surface area contributed by atoms with Gasteiger partial charge in [-0.05, 0) is 24.6 Å². The van der Waals surface area contributed by atoms with Gasteiger partial charge >= 0.3 is 6.03 Å². The Labute approximate surface area is 115 Å². The minimum Gasteiger partial charge on any atom is -0.396 e. The van der Waals surface area contributed by atoms with Crippen LogP contribution in [0.1, 0.15) is 6.42 Å². The molecule has 0 atom stereocenters. The summed E-state index contributed by atoms with van der Waals surface area (Å²) < 4.78 is 13.2. The van der Waals surface area contributed by atoms with Gasteiger partial charge in [-0.3, -0.25) is 0 Å². The van der Waals surface area contributed by atoms with Crippen LogP contribution in [0.15, 0.2) is 18.2 Å². The summed E-state index contributed by atoms with van der Waals surface area (Å²) in [6.07, 6.45) is 0.405. The van der Waals surface area contributed by atoms with Crippen molar-refractivity contribution in [3.63, 3.8) is 0 Å². The molecule has 0 fully saturated rings. The summed E-state index contributed by atoms with van der Waals surface area (Å²) in [7, 11) is 0. The molecule has 1 aromatic rings. The first-order chi connectivity index (χ1) is 9.08. The molecule has 0 aliphatic carbocycles. The van der Waals surface area contributed by atoms with Gasteiger partial charge in [0.05, 0.1) is 11.6 Å². The van der Waals surface area contributed by atoms with Crippen LogP contribution in [0.3, 0.4) is 0 Å². The number of benzene rings is 1. The highest BCUT2D eigenvalue weighted by Gasteiger charge is 2.13. The lowest BCUT2D eigenvalue weighted by Crippen LogP contribution is -2.38. The van der Waals surface area contributed by atoms with E-state index in [4.69, 9.17) is 21.8 Å². The van der Waals surface area contributed by atoms with Crippen LogP contribution in [-0.2, 0) is 0 Å². The van der Waals surface area contributed by atoms with Crippen LogP contribution < -0.4 is 5.32 Å². The van der Waals surface area contributed by atoms with E-state index in [-0.39, 0.29) is 30.5 Å². The maximum absolute atomic E-state index is 13.2. The van der Waals surface area contributed by atoms with Gasteiger partial charge in [0, 0.05) is 25.4 Å². The third kappa shape index (κ3) is 5.02. The van der Waals surface area contributed by atoms with E-state index in [2.05, 4.69) is 5.32 Å². The summed E-state index contributed by atoms with van der Waals surface area (Å²) in [6, 6.07) is 3.47. The first-order valence-corrected chi connectivity index (χ1v) is 6.19. The Morgan fingerprint density at radius 2 is 2.05 bits per heavy atom. The molecule has 0 saturated carbocycles. The van der Waals surface area contributed by atoms with Crippen molar-refractivity contribution < 1.29 is 19.4 Å². The van der Waals surface area contributed by atoms with Gasteiger partial charge in [0.25, 0.3) is 0 Å². The number of rotatable bonds is 6. The molecule has 7 heteroatoms. The van der Waals surface area contributed by atoms with Crippen LogP contribution in [0.25, 0.3) is 0 Å². The zero-order chi connectivity index (χ0) is 14.3. The number of amides is 2. The van der Waals surface area contributed by atoms with E-state index in [1.54, 1.807) is 0 Å². The third-order valence-electron chi connectivity index (χ3n) is 2.41. The molecule has 3 N–H and O–H groups in total. The first kappa shape index (κ1) is 15.7. The van der Waals surface area contributed by atoms with Crippen molar-refractivity contribution in [3.8, 4) is 0 Å². The molecule has 0 aliphatic rings. The predicted octanol–water partition coefficient (Wildman–Crippen LogP) is 1.69. The molecule has 0 unspecified atom stereocenters. The van der Waals surface area contributed by atoms with Crippen LogP contribution in [0.2, 0.25) is 5.02 Å². The summed E-state index contributed by atoms with van der Waals surface area (Å²) in [6.45, 7) is 0.208. The number of hydrogen-bond acceptors (Lipinski definition) is 3. The maximum Gasteiger partial charge on any atom is 0.321 e. The van der Waals surface area contributed by atoms with Crippen LogP contribution in [-0.4, -0.2) is 47.4 Å². The zero-order valence-corrected chi connectivity index (χ0v) is 11.0. The molecule has 106 valence electrons. The van der Waals surface area contributed by atoms with Crippen LogP contribution in [0, 0.1) is 5.82 Å². The Balaban J connectivity index is 2.66. The van der Waals surface area contributed by atoms with Crippen molar-refractivity contribution in [1.29, 1.82) is 0 Å². The second-order valence-corrected chi connectivity index (χ2v) is 4.25. The largest absolute Gasteiger partial charge is 0.396 e. The SMILES string of the molecule is O=C(Nc1ccc(Cl)c(F)c1)N(CCO)CCCO. The van der Waals surface area contributed by atoms with Crippen LogP contribution in [0.4, 0.5) is 14.9 Å². The Kier molecular flexibility index (Phi) is 6.55. The molecule has 0 heterocycles. The van der Waals surface area contributed by atoms with E-state index >= 15 is 0 Å². The van der Waals surface area contributed by atoms with Gasteiger partial charge in [-0.1, -0.05) is 11.6 Å². The Bertz CT molecular complexity index is 431. The molecule has 0 bridgehead atoms. The molecular formula is C12H16ClFN2O3. The van der Waals surface area contributed by atoms with Crippen molar-refractivity contribution in [1.82, 2.24) is 4.90 Å². The number of nitrogens with zero attached hydrogens (tertiary/aromatic N) is 1. The lowest BCUT2D eigenvalue weighted by atomic mass is 10.3. The highest BCUT2D eigenvalue weighted by atomic mass is 35.5. The molecule has 1 aromatic carbocycles. The molecule has 19 heavy (non-hydrogen) atoms. The summed E-state index contributed by atoms with van der Waals surface area (Å²) in [5.41, 5.74) is 0.277. The number of aliphatic hydroxyl groups is 2. The minimum absolute atomic E-state index is 0.0227.